The van der Waals surface area contributed by atoms with E-state index in [1.165, 1.54) is 22.5 Å². The molecule has 12 heteroatoms. The quantitative estimate of drug-likeness (QED) is 0.428. The number of aromatic amines is 1. The highest BCUT2D eigenvalue weighted by Crippen LogP contribution is 2.18. The molecule has 2 N–H and O–H groups in total. The van der Waals surface area contributed by atoms with Crippen molar-refractivity contribution in [3.8, 4) is 0 Å². The van der Waals surface area contributed by atoms with Crippen molar-refractivity contribution >= 4 is 33.8 Å². The molecular formula is C21H24N8O4. The van der Waals surface area contributed by atoms with Crippen LogP contribution in [0.5, 0.6) is 0 Å². The third-order valence-electron chi connectivity index (χ3n) is 5.79. The largest absolute Gasteiger partial charge is 0.379 e. The maximum atomic E-state index is 12.8. The molecule has 0 spiro atoms. The predicted octanol–water partition coefficient (Wildman–Crippen LogP) is -0.219. The molecule has 33 heavy (non-hydrogen) atoms. The number of morpholine rings is 1. The summed E-state index contributed by atoms with van der Waals surface area (Å²) in [6.07, 6.45) is 1.46. The Balaban J connectivity index is 1.34. The number of H-pyrrole nitrogens is 1. The number of benzene rings is 1. The molecule has 1 aromatic carbocycles. The molecule has 4 heterocycles. The smallest absolute Gasteiger partial charge is 0.332 e. The van der Waals surface area contributed by atoms with Crippen molar-refractivity contribution < 1.29 is 9.53 Å². The standard InChI is InChI=1S/C21H24N8O4/c1-26-12-22-19-18(26)20(31)29(21(32)27(19)2)11-17(30)23-13-3-4-14-15(9-13)25-16(24-14)10-28-5-7-33-8-6-28/h3-4,9,12H,5-8,10-11H2,1-2H3,(H,23,30)(H,24,25). The van der Waals surface area contributed by atoms with Crippen molar-refractivity contribution in [2.75, 3.05) is 31.6 Å². The van der Waals surface area contributed by atoms with Gasteiger partial charge >= 0.3 is 5.69 Å². The minimum absolute atomic E-state index is 0.261. The molecule has 3 aromatic heterocycles. The number of ether oxygens (including phenoxy) is 1. The van der Waals surface area contributed by atoms with Gasteiger partial charge in [-0.3, -0.25) is 19.1 Å². The van der Waals surface area contributed by atoms with Crippen molar-refractivity contribution in [2.24, 2.45) is 14.1 Å². The van der Waals surface area contributed by atoms with Crippen LogP contribution in [-0.2, 0) is 36.7 Å². The lowest BCUT2D eigenvalue weighted by atomic mass is 10.2. The Morgan fingerprint density at radius 1 is 1.21 bits per heavy atom. The highest BCUT2D eigenvalue weighted by molar-refractivity contribution is 5.93. The minimum Gasteiger partial charge on any atom is -0.379 e. The summed E-state index contributed by atoms with van der Waals surface area (Å²) in [5, 5.41) is 2.76. The Labute approximate surface area is 187 Å². The highest BCUT2D eigenvalue weighted by Gasteiger charge is 2.17. The first-order valence-electron chi connectivity index (χ1n) is 10.6. The van der Waals surface area contributed by atoms with E-state index < -0.39 is 23.7 Å². The van der Waals surface area contributed by atoms with Crippen molar-refractivity contribution in [1.82, 2.24) is 33.6 Å². The van der Waals surface area contributed by atoms with Gasteiger partial charge in [-0.25, -0.2) is 19.3 Å². The number of imidazole rings is 2. The van der Waals surface area contributed by atoms with Gasteiger partial charge in [0.25, 0.3) is 5.56 Å². The number of rotatable bonds is 5. The molecule has 0 unspecified atom stereocenters. The molecular weight excluding hydrogens is 428 g/mol. The zero-order valence-corrected chi connectivity index (χ0v) is 18.4. The maximum Gasteiger partial charge on any atom is 0.332 e. The molecule has 0 radical (unpaired) electrons. The van der Waals surface area contributed by atoms with Crippen LogP contribution in [0.4, 0.5) is 5.69 Å². The molecule has 12 nitrogen and oxygen atoms in total. The Morgan fingerprint density at radius 2 is 2.00 bits per heavy atom. The third-order valence-corrected chi connectivity index (χ3v) is 5.79. The van der Waals surface area contributed by atoms with Crippen molar-refractivity contribution in [1.29, 1.82) is 0 Å². The summed E-state index contributed by atoms with van der Waals surface area (Å²) in [7, 11) is 3.19. The molecule has 1 saturated heterocycles. The average Bonchev–Trinajstić information content (AvgIpc) is 3.38. The van der Waals surface area contributed by atoms with Crippen LogP contribution < -0.4 is 16.6 Å². The third kappa shape index (κ3) is 3.94. The number of fused-ring (bicyclic) bond motifs is 2. The summed E-state index contributed by atoms with van der Waals surface area (Å²) < 4.78 is 9.08. The second-order valence-corrected chi connectivity index (χ2v) is 8.11. The van der Waals surface area contributed by atoms with E-state index in [-0.39, 0.29) is 11.2 Å². The lowest BCUT2D eigenvalue weighted by Crippen LogP contribution is -2.42. The number of anilines is 1. The summed E-state index contributed by atoms with van der Waals surface area (Å²) in [5.74, 6) is 0.359. The molecule has 5 rings (SSSR count). The number of carbonyl (C=O) groups excluding carboxylic acids is 1. The zero-order valence-electron chi connectivity index (χ0n) is 18.4. The van der Waals surface area contributed by atoms with E-state index in [1.807, 2.05) is 6.07 Å². The maximum absolute atomic E-state index is 12.8. The van der Waals surface area contributed by atoms with E-state index in [4.69, 9.17) is 4.74 Å². The first kappa shape index (κ1) is 21.1. The monoisotopic (exact) mass is 452 g/mol. The van der Waals surface area contributed by atoms with Gasteiger partial charge in [-0.1, -0.05) is 0 Å². The number of nitrogens with one attached hydrogen (secondary N) is 2. The molecule has 172 valence electrons. The first-order valence-corrected chi connectivity index (χ1v) is 10.6. The zero-order chi connectivity index (χ0) is 23.1. The Hall–Kier alpha value is -3.77. The van der Waals surface area contributed by atoms with E-state index in [1.54, 1.807) is 19.2 Å². The molecule has 4 aromatic rings. The van der Waals surface area contributed by atoms with Gasteiger partial charge in [-0.05, 0) is 18.2 Å². The van der Waals surface area contributed by atoms with Crippen LogP contribution in [0.2, 0.25) is 0 Å². The molecule has 0 aliphatic carbocycles. The summed E-state index contributed by atoms with van der Waals surface area (Å²) in [4.78, 5) is 52.3. The molecule has 0 bridgehead atoms. The highest BCUT2D eigenvalue weighted by atomic mass is 16.5. The number of carbonyl (C=O) groups is 1. The van der Waals surface area contributed by atoms with Crippen LogP contribution in [0.25, 0.3) is 22.2 Å². The lowest BCUT2D eigenvalue weighted by molar-refractivity contribution is -0.116. The summed E-state index contributed by atoms with van der Waals surface area (Å²) >= 11 is 0. The van der Waals surface area contributed by atoms with E-state index in [0.29, 0.717) is 12.2 Å². The second kappa shape index (κ2) is 8.30. The Kier molecular flexibility index (Phi) is 5.30. The summed E-state index contributed by atoms with van der Waals surface area (Å²) in [6.45, 7) is 3.45. The van der Waals surface area contributed by atoms with Crippen LogP contribution in [0, 0.1) is 0 Å². The number of hydrogen-bond acceptors (Lipinski definition) is 7. The van der Waals surface area contributed by atoms with Gasteiger partial charge in [0, 0.05) is 32.9 Å². The van der Waals surface area contributed by atoms with Gasteiger partial charge in [0.1, 0.15) is 12.4 Å². The fourth-order valence-corrected chi connectivity index (χ4v) is 4.07. The van der Waals surface area contributed by atoms with Crippen LogP contribution in [-0.4, -0.2) is 65.8 Å². The van der Waals surface area contributed by atoms with E-state index in [0.717, 1.165) is 47.7 Å². The normalized spacial score (nSPS) is 14.8. The fraction of sp³-hybridized carbons (Fsp3) is 0.381. The average molecular weight is 452 g/mol. The number of nitrogens with zero attached hydrogens (tertiary/aromatic N) is 6. The second-order valence-electron chi connectivity index (χ2n) is 8.11. The molecule has 1 aliphatic heterocycles. The Bertz CT molecular complexity index is 1470. The topological polar surface area (TPSA) is 132 Å². The number of aryl methyl sites for hydroxylation is 2. The molecule has 1 aliphatic rings. The van der Waals surface area contributed by atoms with Crippen LogP contribution in [0.1, 0.15) is 5.82 Å². The van der Waals surface area contributed by atoms with E-state index >= 15 is 0 Å². The number of hydrogen-bond donors (Lipinski definition) is 2. The van der Waals surface area contributed by atoms with Gasteiger partial charge < -0.3 is 19.6 Å². The van der Waals surface area contributed by atoms with E-state index in [9.17, 15) is 14.4 Å². The van der Waals surface area contributed by atoms with Gasteiger partial charge in [0.05, 0.1) is 37.1 Å². The van der Waals surface area contributed by atoms with Gasteiger partial charge in [-0.2, -0.15) is 0 Å². The number of aromatic nitrogens is 6. The van der Waals surface area contributed by atoms with Gasteiger partial charge in [0.15, 0.2) is 11.2 Å². The molecule has 0 saturated carbocycles. The molecule has 1 fully saturated rings. The van der Waals surface area contributed by atoms with Crippen molar-refractivity contribution in [3.63, 3.8) is 0 Å². The minimum atomic E-state index is -0.599. The summed E-state index contributed by atoms with van der Waals surface area (Å²) in [5.41, 5.74) is 1.51. The predicted molar refractivity (Wildman–Crippen MR) is 121 cm³/mol. The SMILES string of the molecule is Cn1cnc2c1c(=O)n(CC(=O)Nc1ccc3nc(CN4CCOCC4)[nH]c3c1)c(=O)n2C. The van der Waals surface area contributed by atoms with Gasteiger partial charge in [-0.15, -0.1) is 0 Å². The first-order chi connectivity index (χ1) is 15.9. The van der Waals surface area contributed by atoms with E-state index in [2.05, 4.69) is 25.2 Å². The van der Waals surface area contributed by atoms with Crippen LogP contribution in [0.3, 0.4) is 0 Å². The fourth-order valence-electron chi connectivity index (χ4n) is 4.07. The van der Waals surface area contributed by atoms with Gasteiger partial charge in [0.2, 0.25) is 5.91 Å². The number of amides is 1. The van der Waals surface area contributed by atoms with Crippen molar-refractivity contribution in [3.05, 3.63) is 51.2 Å². The lowest BCUT2D eigenvalue weighted by Gasteiger charge is -2.25. The van der Waals surface area contributed by atoms with Crippen LogP contribution >= 0.6 is 0 Å². The Morgan fingerprint density at radius 3 is 2.79 bits per heavy atom. The van der Waals surface area contributed by atoms with Crippen molar-refractivity contribution in [2.45, 2.75) is 13.1 Å². The molecule has 0 atom stereocenters. The molecule has 1 amide bonds. The van der Waals surface area contributed by atoms with Crippen LogP contribution in [0.15, 0.2) is 34.1 Å². The summed E-state index contributed by atoms with van der Waals surface area (Å²) in [6, 6.07) is 5.34.